The summed E-state index contributed by atoms with van der Waals surface area (Å²) in [5, 5.41) is 2.90. The van der Waals surface area contributed by atoms with Crippen LogP contribution in [0.4, 0.5) is 5.69 Å². The average Bonchev–Trinajstić information content (AvgIpc) is 2.51. The first-order valence-electron chi connectivity index (χ1n) is 8.45. The van der Waals surface area contributed by atoms with Gasteiger partial charge in [0.2, 0.25) is 0 Å². The van der Waals surface area contributed by atoms with E-state index < -0.39 is 0 Å². The number of hydrogen-bond acceptors (Lipinski definition) is 2. The quantitative estimate of drug-likeness (QED) is 0.898. The number of nitrogens with zero attached hydrogens (tertiary/aromatic N) is 1. The monoisotopic (exact) mass is 326 g/mol. The van der Waals surface area contributed by atoms with Crippen LogP contribution >= 0.6 is 0 Å². The molecule has 0 fully saturated rings. The Labute approximate surface area is 143 Å². The van der Waals surface area contributed by atoms with E-state index in [9.17, 15) is 9.59 Å². The maximum atomic E-state index is 12.7. The third-order valence-electron chi connectivity index (χ3n) is 4.59. The smallest absolute Gasteiger partial charge is 0.261 e. The van der Waals surface area contributed by atoms with Crippen molar-refractivity contribution in [3.8, 4) is 0 Å². The van der Waals surface area contributed by atoms with Gasteiger partial charge >= 0.3 is 0 Å². The lowest BCUT2D eigenvalue weighted by molar-refractivity contribution is 0.102. The number of pyridine rings is 1. The number of nitrogens with one attached hydrogen (secondary N) is 1. The molecule has 2 aromatic rings. The van der Waals surface area contributed by atoms with Crippen molar-refractivity contribution in [3.63, 3.8) is 0 Å². The Balaban J connectivity index is 2.42. The van der Waals surface area contributed by atoms with E-state index in [2.05, 4.69) is 16.8 Å². The lowest BCUT2D eigenvalue weighted by atomic mass is 10.1. The predicted octanol–water partition coefficient (Wildman–Crippen LogP) is 4.13. The van der Waals surface area contributed by atoms with Crippen molar-refractivity contribution in [2.75, 3.05) is 5.32 Å². The van der Waals surface area contributed by atoms with Gasteiger partial charge in [0.15, 0.2) is 5.43 Å². The Bertz CT molecular complexity index is 819. The van der Waals surface area contributed by atoms with Crippen LogP contribution in [0.1, 0.15) is 52.6 Å². The SMILES string of the molecule is CCCCn1c(C)cc(=O)c(C(=O)Nc2cccc(C)c2C)c1C. The van der Waals surface area contributed by atoms with Crippen LogP contribution in [-0.2, 0) is 6.54 Å². The van der Waals surface area contributed by atoms with Gasteiger partial charge in [-0.2, -0.15) is 0 Å². The largest absolute Gasteiger partial charge is 0.348 e. The molecule has 4 heteroatoms. The van der Waals surface area contributed by atoms with Crippen LogP contribution in [0.5, 0.6) is 0 Å². The first-order chi connectivity index (χ1) is 11.4. The minimum absolute atomic E-state index is 0.222. The maximum Gasteiger partial charge on any atom is 0.261 e. The van der Waals surface area contributed by atoms with E-state index >= 15 is 0 Å². The molecule has 0 unspecified atom stereocenters. The molecule has 1 N–H and O–H groups in total. The molecule has 0 bridgehead atoms. The molecule has 1 amide bonds. The minimum atomic E-state index is -0.337. The number of aryl methyl sites for hydroxylation is 2. The summed E-state index contributed by atoms with van der Waals surface area (Å²) in [6.45, 7) is 10.7. The molecule has 24 heavy (non-hydrogen) atoms. The van der Waals surface area contributed by atoms with E-state index in [1.807, 2.05) is 45.9 Å². The number of unbranched alkanes of at least 4 members (excludes halogenated alkanes) is 1. The van der Waals surface area contributed by atoms with Gasteiger partial charge in [-0.15, -0.1) is 0 Å². The summed E-state index contributed by atoms with van der Waals surface area (Å²) in [5.74, 6) is -0.337. The van der Waals surface area contributed by atoms with Gasteiger partial charge in [0.05, 0.1) is 0 Å². The number of amides is 1. The normalized spacial score (nSPS) is 10.7. The van der Waals surface area contributed by atoms with Gasteiger partial charge in [-0.05, 0) is 51.3 Å². The van der Waals surface area contributed by atoms with Crippen LogP contribution in [-0.4, -0.2) is 10.5 Å². The second-order valence-corrected chi connectivity index (χ2v) is 6.32. The Morgan fingerprint density at radius 1 is 1.17 bits per heavy atom. The highest BCUT2D eigenvalue weighted by Crippen LogP contribution is 2.19. The fourth-order valence-corrected chi connectivity index (χ4v) is 2.93. The molecule has 1 aromatic heterocycles. The fraction of sp³-hybridized carbons (Fsp3) is 0.400. The standard InChI is InChI=1S/C20H26N2O2/c1-6-7-11-22-14(3)12-18(23)19(16(22)5)20(24)21-17-10-8-9-13(2)15(17)4/h8-10,12H,6-7,11H2,1-5H3,(H,21,24). The number of benzene rings is 1. The molecule has 0 radical (unpaired) electrons. The van der Waals surface area contributed by atoms with Crippen molar-refractivity contribution in [2.45, 2.75) is 54.0 Å². The maximum absolute atomic E-state index is 12.7. The average molecular weight is 326 g/mol. The third-order valence-corrected chi connectivity index (χ3v) is 4.59. The van der Waals surface area contributed by atoms with Crippen LogP contribution in [0.15, 0.2) is 29.1 Å². The lowest BCUT2D eigenvalue weighted by Crippen LogP contribution is -2.27. The van der Waals surface area contributed by atoms with E-state index in [0.29, 0.717) is 0 Å². The molecule has 1 aromatic carbocycles. The Morgan fingerprint density at radius 3 is 2.54 bits per heavy atom. The van der Waals surface area contributed by atoms with Gasteiger partial charge in [0.1, 0.15) is 5.56 Å². The lowest BCUT2D eigenvalue weighted by Gasteiger charge is -2.18. The predicted molar refractivity (Wildman–Crippen MR) is 99.0 cm³/mol. The zero-order chi connectivity index (χ0) is 17.9. The number of anilines is 1. The van der Waals surface area contributed by atoms with E-state index in [0.717, 1.165) is 47.6 Å². The molecule has 0 aliphatic heterocycles. The second kappa shape index (κ2) is 7.47. The number of rotatable bonds is 5. The van der Waals surface area contributed by atoms with Crippen molar-refractivity contribution < 1.29 is 4.79 Å². The molecule has 0 saturated carbocycles. The number of carbonyl (C=O) groups excluding carboxylic acids is 1. The first-order valence-corrected chi connectivity index (χ1v) is 8.45. The molecule has 0 atom stereocenters. The molecule has 0 spiro atoms. The number of hydrogen-bond donors (Lipinski definition) is 1. The summed E-state index contributed by atoms with van der Waals surface area (Å²) < 4.78 is 2.06. The summed E-state index contributed by atoms with van der Waals surface area (Å²) in [4.78, 5) is 25.1. The summed E-state index contributed by atoms with van der Waals surface area (Å²) in [7, 11) is 0. The molecule has 4 nitrogen and oxygen atoms in total. The Hall–Kier alpha value is -2.36. The van der Waals surface area contributed by atoms with Gasteiger partial charge in [-0.1, -0.05) is 25.5 Å². The Morgan fingerprint density at radius 2 is 1.88 bits per heavy atom. The van der Waals surface area contributed by atoms with Crippen LogP contribution in [0.3, 0.4) is 0 Å². The van der Waals surface area contributed by atoms with Crippen LogP contribution in [0, 0.1) is 27.7 Å². The van der Waals surface area contributed by atoms with Crippen molar-refractivity contribution >= 4 is 11.6 Å². The molecular weight excluding hydrogens is 300 g/mol. The summed E-state index contributed by atoms with van der Waals surface area (Å²) >= 11 is 0. The van der Waals surface area contributed by atoms with E-state index in [-0.39, 0.29) is 16.9 Å². The highest BCUT2D eigenvalue weighted by molar-refractivity contribution is 6.05. The Kier molecular flexibility index (Phi) is 5.60. The minimum Gasteiger partial charge on any atom is -0.348 e. The second-order valence-electron chi connectivity index (χ2n) is 6.32. The summed E-state index contributed by atoms with van der Waals surface area (Å²) in [6.07, 6.45) is 2.08. The van der Waals surface area contributed by atoms with Gasteiger partial charge in [0.25, 0.3) is 5.91 Å². The highest BCUT2D eigenvalue weighted by Gasteiger charge is 2.18. The zero-order valence-electron chi connectivity index (χ0n) is 15.2. The third kappa shape index (κ3) is 3.58. The van der Waals surface area contributed by atoms with Crippen LogP contribution < -0.4 is 10.7 Å². The van der Waals surface area contributed by atoms with E-state index in [1.54, 1.807) is 6.07 Å². The van der Waals surface area contributed by atoms with Gasteiger partial charge in [-0.3, -0.25) is 9.59 Å². The van der Waals surface area contributed by atoms with Gasteiger partial charge in [-0.25, -0.2) is 0 Å². The molecule has 2 rings (SSSR count). The van der Waals surface area contributed by atoms with E-state index in [4.69, 9.17) is 0 Å². The van der Waals surface area contributed by atoms with Crippen molar-refractivity contribution in [1.29, 1.82) is 0 Å². The molecule has 1 heterocycles. The number of carbonyl (C=O) groups is 1. The highest BCUT2D eigenvalue weighted by atomic mass is 16.2. The molecular formula is C20H26N2O2. The fourth-order valence-electron chi connectivity index (χ4n) is 2.93. The van der Waals surface area contributed by atoms with Crippen LogP contribution in [0.25, 0.3) is 0 Å². The molecule has 0 aliphatic rings. The number of aromatic nitrogens is 1. The van der Waals surface area contributed by atoms with Crippen LogP contribution in [0.2, 0.25) is 0 Å². The zero-order valence-corrected chi connectivity index (χ0v) is 15.2. The summed E-state index contributed by atoms with van der Waals surface area (Å²) in [6, 6.07) is 7.32. The van der Waals surface area contributed by atoms with Crippen molar-refractivity contribution in [3.05, 3.63) is 62.6 Å². The summed E-state index contributed by atoms with van der Waals surface area (Å²) in [5.41, 5.74) is 4.51. The van der Waals surface area contributed by atoms with Crippen molar-refractivity contribution in [1.82, 2.24) is 4.57 Å². The van der Waals surface area contributed by atoms with Crippen molar-refractivity contribution in [2.24, 2.45) is 0 Å². The first kappa shape index (κ1) is 18.0. The van der Waals surface area contributed by atoms with Gasteiger partial charge < -0.3 is 9.88 Å². The molecule has 0 saturated heterocycles. The topological polar surface area (TPSA) is 51.1 Å². The van der Waals surface area contributed by atoms with Gasteiger partial charge in [0, 0.05) is 29.7 Å². The molecule has 0 aliphatic carbocycles. The molecule has 128 valence electrons. The van der Waals surface area contributed by atoms with E-state index in [1.165, 1.54) is 0 Å².